The summed E-state index contributed by atoms with van der Waals surface area (Å²) in [5.74, 6) is 0.660. The van der Waals surface area contributed by atoms with Gasteiger partial charge in [-0.15, -0.1) is 0 Å². The van der Waals surface area contributed by atoms with Gasteiger partial charge in [-0.25, -0.2) is 0 Å². The molecular weight excluding hydrogens is 268 g/mol. The van der Waals surface area contributed by atoms with E-state index in [4.69, 9.17) is 15.2 Å². The number of hydrogen-bond donors (Lipinski definition) is 2. The number of ether oxygens (including phenoxy) is 2. The van der Waals surface area contributed by atoms with E-state index in [0.717, 1.165) is 5.56 Å². The summed E-state index contributed by atoms with van der Waals surface area (Å²) in [6.07, 6.45) is 0. The lowest BCUT2D eigenvalue weighted by Gasteiger charge is -2.13. The van der Waals surface area contributed by atoms with E-state index < -0.39 is 0 Å². The van der Waals surface area contributed by atoms with Crippen LogP contribution in [0.2, 0.25) is 0 Å². The summed E-state index contributed by atoms with van der Waals surface area (Å²) in [5, 5.41) is 2.83. The van der Waals surface area contributed by atoms with Gasteiger partial charge in [-0.05, 0) is 23.8 Å². The van der Waals surface area contributed by atoms with Gasteiger partial charge in [0.2, 0.25) is 0 Å². The van der Waals surface area contributed by atoms with Crippen molar-refractivity contribution in [3.05, 3.63) is 53.6 Å². The summed E-state index contributed by atoms with van der Waals surface area (Å²) in [7, 11) is 3.03. The van der Waals surface area contributed by atoms with E-state index >= 15 is 0 Å². The zero-order chi connectivity index (χ0) is 15.2. The minimum Gasteiger partial charge on any atom is -0.496 e. The maximum atomic E-state index is 12.4. The molecule has 0 bridgehead atoms. The van der Waals surface area contributed by atoms with Gasteiger partial charge in [-0.1, -0.05) is 24.3 Å². The molecule has 0 saturated heterocycles. The van der Waals surface area contributed by atoms with Crippen molar-refractivity contribution in [3.8, 4) is 11.5 Å². The highest BCUT2D eigenvalue weighted by molar-refractivity contribution is 5.99. The highest BCUT2D eigenvalue weighted by Crippen LogP contribution is 2.28. The van der Waals surface area contributed by atoms with Crippen LogP contribution >= 0.6 is 0 Å². The van der Waals surface area contributed by atoms with Crippen LogP contribution in [0.4, 0.5) is 5.69 Å². The Kier molecular flexibility index (Phi) is 4.66. The van der Waals surface area contributed by atoms with Crippen LogP contribution in [-0.4, -0.2) is 20.1 Å². The van der Waals surface area contributed by atoms with Gasteiger partial charge in [-0.2, -0.15) is 0 Å². The Morgan fingerprint density at radius 3 is 2.24 bits per heavy atom. The molecule has 0 saturated carbocycles. The molecule has 0 spiro atoms. The molecule has 2 aromatic rings. The molecule has 0 aliphatic heterocycles. The number of anilines is 1. The van der Waals surface area contributed by atoms with Crippen LogP contribution in [0, 0.1) is 0 Å². The molecule has 0 atom stereocenters. The normalized spacial score (nSPS) is 10.0. The van der Waals surface area contributed by atoms with Crippen molar-refractivity contribution in [2.45, 2.75) is 6.54 Å². The largest absolute Gasteiger partial charge is 0.496 e. The fraction of sp³-hybridized carbons (Fsp3) is 0.188. The van der Waals surface area contributed by atoms with Gasteiger partial charge in [0.25, 0.3) is 5.91 Å². The first-order chi connectivity index (χ1) is 10.2. The van der Waals surface area contributed by atoms with Crippen molar-refractivity contribution in [2.75, 3.05) is 20.0 Å². The molecular formula is C16H18N2O3. The van der Waals surface area contributed by atoms with Crippen LogP contribution < -0.4 is 20.5 Å². The topological polar surface area (TPSA) is 73.6 Å². The van der Waals surface area contributed by atoms with E-state index in [-0.39, 0.29) is 5.91 Å². The molecule has 0 aliphatic carbocycles. The van der Waals surface area contributed by atoms with Crippen LogP contribution in [0.5, 0.6) is 11.5 Å². The second kappa shape index (κ2) is 6.65. The van der Waals surface area contributed by atoms with E-state index in [1.165, 1.54) is 14.2 Å². The monoisotopic (exact) mass is 286 g/mol. The molecule has 0 aromatic heterocycles. The summed E-state index contributed by atoms with van der Waals surface area (Å²) in [6, 6.07) is 12.6. The zero-order valence-electron chi connectivity index (χ0n) is 12.1. The minimum atomic E-state index is -0.271. The van der Waals surface area contributed by atoms with Gasteiger partial charge in [0.15, 0.2) is 0 Å². The van der Waals surface area contributed by atoms with Crippen LogP contribution in [0.25, 0.3) is 0 Å². The number of benzene rings is 2. The van der Waals surface area contributed by atoms with Gasteiger partial charge >= 0.3 is 0 Å². The Morgan fingerprint density at radius 2 is 1.67 bits per heavy atom. The number of hydrogen-bond acceptors (Lipinski definition) is 4. The number of para-hydroxylation sites is 1. The smallest absolute Gasteiger partial charge is 0.259 e. The fourth-order valence-corrected chi connectivity index (χ4v) is 2.03. The first kappa shape index (κ1) is 14.7. The molecule has 2 aromatic carbocycles. The number of nitrogens with one attached hydrogen (secondary N) is 1. The first-order valence-electron chi connectivity index (χ1n) is 6.50. The Labute approximate surface area is 123 Å². The molecule has 0 heterocycles. The molecule has 5 heteroatoms. The average molecular weight is 286 g/mol. The van der Waals surface area contributed by atoms with E-state index in [0.29, 0.717) is 29.3 Å². The van der Waals surface area contributed by atoms with E-state index in [2.05, 4.69) is 5.32 Å². The van der Waals surface area contributed by atoms with Crippen LogP contribution in [-0.2, 0) is 6.54 Å². The summed E-state index contributed by atoms with van der Waals surface area (Å²) < 4.78 is 10.4. The lowest BCUT2D eigenvalue weighted by Crippen LogP contribution is -2.24. The number of amides is 1. The summed E-state index contributed by atoms with van der Waals surface area (Å²) in [6.45, 7) is 0.340. The number of carbonyl (C=O) groups is 1. The molecule has 0 radical (unpaired) electrons. The first-order valence-corrected chi connectivity index (χ1v) is 6.50. The molecule has 0 unspecified atom stereocenters. The third-order valence-corrected chi connectivity index (χ3v) is 3.15. The van der Waals surface area contributed by atoms with E-state index in [9.17, 15) is 4.79 Å². The van der Waals surface area contributed by atoms with Gasteiger partial charge < -0.3 is 20.5 Å². The number of carbonyl (C=O) groups excluding carboxylic acids is 1. The Bertz CT molecular complexity index is 619. The van der Waals surface area contributed by atoms with Gasteiger partial charge in [0.1, 0.15) is 17.1 Å². The number of nitrogens with two attached hydrogens (primary N) is 1. The lowest BCUT2D eigenvalue weighted by molar-refractivity contribution is 0.0944. The van der Waals surface area contributed by atoms with Crippen molar-refractivity contribution in [3.63, 3.8) is 0 Å². The van der Waals surface area contributed by atoms with Crippen molar-refractivity contribution in [1.29, 1.82) is 0 Å². The highest BCUT2D eigenvalue weighted by atomic mass is 16.5. The van der Waals surface area contributed by atoms with Crippen molar-refractivity contribution in [2.24, 2.45) is 0 Å². The number of rotatable bonds is 5. The number of nitrogen functional groups attached to an aromatic ring is 1. The maximum Gasteiger partial charge on any atom is 0.259 e. The molecule has 5 nitrogen and oxygen atoms in total. The summed E-state index contributed by atoms with van der Waals surface area (Å²) in [4.78, 5) is 12.4. The Hall–Kier alpha value is -2.69. The van der Waals surface area contributed by atoms with Crippen LogP contribution in [0.1, 0.15) is 15.9 Å². The minimum absolute atomic E-state index is 0.271. The van der Waals surface area contributed by atoms with E-state index in [1.807, 2.05) is 18.2 Å². The molecule has 110 valence electrons. The van der Waals surface area contributed by atoms with Crippen LogP contribution in [0.3, 0.4) is 0 Å². The van der Waals surface area contributed by atoms with E-state index in [1.54, 1.807) is 24.3 Å². The standard InChI is InChI=1S/C16H18N2O3/c1-20-13-8-5-9-14(21-2)15(13)16(19)18-10-11-6-3-4-7-12(11)17/h3-9H,10,17H2,1-2H3,(H,18,19). The third kappa shape index (κ3) is 3.25. The quantitative estimate of drug-likeness (QED) is 0.827. The van der Waals surface area contributed by atoms with Gasteiger partial charge in [0.05, 0.1) is 14.2 Å². The van der Waals surface area contributed by atoms with Crippen LogP contribution in [0.15, 0.2) is 42.5 Å². The molecule has 0 aliphatic rings. The summed E-state index contributed by atoms with van der Waals surface area (Å²) in [5.41, 5.74) is 7.73. The number of methoxy groups -OCH3 is 2. The second-order valence-corrected chi connectivity index (χ2v) is 4.42. The third-order valence-electron chi connectivity index (χ3n) is 3.15. The molecule has 1 amide bonds. The summed E-state index contributed by atoms with van der Waals surface area (Å²) >= 11 is 0. The lowest BCUT2D eigenvalue weighted by atomic mass is 10.1. The highest BCUT2D eigenvalue weighted by Gasteiger charge is 2.17. The maximum absolute atomic E-state index is 12.4. The van der Waals surface area contributed by atoms with Crippen molar-refractivity contribution >= 4 is 11.6 Å². The Morgan fingerprint density at radius 1 is 1.05 bits per heavy atom. The fourth-order valence-electron chi connectivity index (χ4n) is 2.03. The average Bonchev–Trinajstić information content (AvgIpc) is 2.52. The SMILES string of the molecule is COc1cccc(OC)c1C(=O)NCc1ccccc1N. The molecule has 0 fully saturated rings. The zero-order valence-corrected chi connectivity index (χ0v) is 12.1. The molecule has 21 heavy (non-hydrogen) atoms. The van der Waals surface area contributed by atoms with Gasteiger partial charge in [-0.3, -0.25) is 4.79 Å². The second-order valence-electron chi connectivity index (χ2n) is 4.42. The van der Waals surface area contributed by atoms with Crippen molar-refractivity contribution in [1.82, 2.24) is 5.32 Å². The predicted molar refractivity (Wildman–Crippen MR) is 81.6 cm³/mol. The predicted octanol–water partition coefficient (Wildman–Crippen LogP) is 2.22. The Balaban J connectivity index is 2.19. The van der Waals surface area contributed by atoms with Crippen molar-refractivity contribution < 1.29 is 14.3 Å². The molecule has 3 N–H and O–H groups in total. The van der Waals surface area contributed by atoms with Gasteiger partial charge in [0, 0.05) is 12.2 Å². The molecule has 2 rings (SSSR count).